The number of nitrogens with zero attached hydrogens (tertiary/aromatic N) is 1. The predicted molar refractivity (Wildman–Crippen MR) is 119 cm³/mol. The fraction of sp³-hybridized carbons (Fsp3) is 0.727. The standard InChI is InChI=1S/C22H40N2O3S/c1-5-6-7-8-9-10-11-12-13-14-15-20(2)27-22-18-16-21(17-19-22)23-28(25,26)24(3)4/h16-20,23H,5-15H2,1-4H3. The third-order valence-corrected chi connectivity index (χ3v) is 6.34. The fourth-order valence-electron chi connectivity index (χ4n) is 3.05. The van der Waals surface area contributed by atoms with Crippen LogP contribution in [0, 0.1) is 0 Å². The lowest BCUT2D eigenvalue weighted by Crippen LogP contribution is -2.28. The average molecular weight is 413 g/mol. The minimum atomic E-state index is -3.47. The molecule has 0 heterocycles. The van der Waals surface area contributed by atoms with Crippen LogP contribution in [0.5, 0.6) is 5.75 Å². The van der Waals surface area contributed by atoms with E-state index in [0.29, 0.717) is 5.69 Å². The molecule has 0 spiro atoms. The summed E-state index contributed by atoms with van der Waals surface area (Å²) in [6, 6.07) is 7.07. The molecule has 1 aromatic carbocycles. The van der Waals surface area contributed by atoms with E-state index in [2.05, 4.69) is 18.6 Å². The van der Waals surface area contributed by atoms with E-state index in [9.17, 15) is 8.42 Å². The summed E-state index contributed by atoms with van der Waals surface area (Å²) in [6.07, 6.45) is 14.6. The number of ether oxygens (including phenoxy) is 1. The van der Waals surface area contributed by atoms with E-state index in [1.807, 2.05) is 12.1 Å². The Morgan fingerprint density at radius 3 is 1.89 bits per heavy atom. The van der Waals surface area contributed by atoms with E-state index in [1.54, 1.807) is 12.1 Å². The van der Waals surface area contributed by atoms with Gasteiger partial charge in [0.1, 0.15) is 5.75 Å². The van der Waals surface area contributed by atoms with E-state index < -0.39 is 10.2 Å². The van der Waals surface area contributed by atoms with Gasteiger partial charge in [-0.25, -0.2) is 0 Å². The van der Waals surface area contributed by atoms with Gasteiger partial charge in [-0.3, -0.25) is 4.72 Å². The van der Waals surface area contributed by atoms with Crippen molar-refractivity contribution in [3.63, 3.8) is 0 Å². The van der Waals surface area contributed by atoms with Crippen LogP contribution < -0.4 is 9.46 Å². The molecular formula is C22H40N2O3S. The summed E-state index contributed by atoms with van der Waals surface area (Å²) in [6.45, 7) is 4.35. The van der Waals surface area contributed by atoms with E-state index in [0.717, 1.165) is 16.5 Å². The van der Waals surface area contributed by atoms with Gasteiger partial charge in [-0.1, -0.05) is 64.7 Å². The Bertz CT molecular complexity index is 615. The first-order chi connectivity index (χ1) is 13.3. The summed E-state index contributed by atoms with van der Waals surface area (Å²) in [5.41, 5.74) is 0.531. The molecule has 0 fully saturated rings. The molecule has 0 amide bonds. The number of benzene rings is 1. The highest BCUT2D eigenvalue weighted by Crippen LogP contribution is 2.20. The summed E-state index contributed by atoms with van der Waals surface area (Å²) in [5.74, 6) is 0.771. The Labute approximate surface area is 173 Å². The minimum absolute atomic E-state index is 0.165. The Morgan fingerprint density at radius 2 is 1.39 bits per heavy atom. The van der Waals surface area contributed by atoms with Crippen molar-refractivity contribution >= 4 is 15.9 Å². The van der Waals surface area contributed by atoms with Crippen LogP contribution in [-0.2, 0) is 10.2 Å². The molecule has 1 N–H and O–H groups in total. The quantitative estimate of drug-likeness (QED) is 0.340. The molecule has 1 rings (SSSR count). The van der Waals surface area contributed by atoms with Crippen molar-refractivity contribution in [1.82, 2.24) is 4.31 Å². The molecule has 0 saturated heterocycles. The molecule has 0 radical (unpaired) electrons. The molecule has 5 nitrogen and oxygen atoms in total. The van der Waals surface area contributed by atoms with Gasteiger partial charge in [0, 0.05) is 14.1 Å². The third kappa shape index (κ3) is 10.9. The summed E-state index contributed by atoms with van der Waals surface area (Å²) in [7, 11) is -0.482. The second kappa shape index (κ2) is 13.8. The SMILES string of the molecule is CCCCCCCCCCCCC(C)Oc1ccc(NS(=O)(=O)N(C)C)cc1. The molecule has 1 aromatic rings. The minimum Gasteiger partial charge on any atom is -0.491 e. The van der Waals surface area contributed by atoms with Crippen LogP contribution in [0.3, 0.4) is 0 Å². The molecular weight excluding hydrogens is 372 g/mol. The molecule has 162 valence electrons. The molecule has 0 aliphatic heterocycles. The van der Waals surface area contributed by atoms with Gasteiger partial charge >= 0.3 is 10.2 Å². The van der Waals surface area contributed by atoms with Gasteiger partial charge in [0.15, 0.2) is 0 Å². The molecule has 0 bridgehead atoms. The van der Waals surface area contributed by atoms with Gasteiger partial charge in [-0.05, 0) is 44.0 Å². The summed E-state index contributed by atoms with van der Waals surface area (Å²) in [4.78, 5) is 0. The lowest BCUT2D eigenvalue weighted by atomic mass is 10.0. The van der Waals surface area contributed by atoms with Crippen molar-refractivity contribution in [2.45, 2.75) is 90.6 Å². The Kier molecular flexibility index (Phi) is 12.2. The maximum Gasteiger partial charge on any atom is 0.301 e. The van der Waals surface area contributed by atoms with E-state index in [-0.39, 0.29) is 6.10 Å². The average Bonchev–Trinajstić information content (AvgIpc) is 2.64. The van der Waals surface area contributed by atoms with Crippen molar-refractivity contribution in [2.75, 3.05) is 18.8 Å². The largest absolute Gasteiger partial charge is 0.491 e. The van der Waals surface area contributed by atoms with Crippen molar-refractivity contribution in [3.8, 4) is 5.75 Å². The van der Waals surface area contributed by atoms with E-state index in [1.165, 1.54) is 78.3 Å². The molecule has 1 atom stereocenters. The van der Waals surface area contributed by atoms with Crippen LogP contribution in [0.4, 0.5) is 5.69 Å². The number of hydrogen-bond acceptors (Lipinski definition) is 3. The number of rotatable bonds is 16. The summed E-state index contributed by atoms with van der Waals surface area (Å²) in [5, 5.41) is 0. The second-order valence-corrected chi connectivity index (χ2v) is 9.70. The number of hydrogen-bond donors (Lipinski definition) is 1. The first-order valence-electron chi connectivity index (χ1n) is 10.8. The maximum atomic E-state index is 11.8. The van der Waals surface area contributed by atoms with Crippen LogP contribution in [0.2, 0.25) is 0 Å². The van der Waals surface area contributed by atoms with Crippen molar-refractivity contribution in [1.29, 1.82) is 0 Å². The van der Waals surface area contributed by atoms with Crippen LogP contribution in [-0.4, -0.2) is 32.9 Å². The highest BCUT2D eigenvalue weighted by molar-refractivity contribution is 7.90. The van der Waals surface area contributed by atoms with E-state index >= 15 is 0 Å². The zero-order valence-corrected chi connectivity index (χ0v) is 19.1. The van der Waals surface area contributed by atoms with Gasteiger partial charge in [-0.15, -0.1) is 0 Å². The maximum absolute atomic E-state index is 11.8. The van der Waals surface area contributed by atoms with Gasteiger partial charge in [0.2, 0.25) is 0 Å². The predicted octanol–water partition coefficient (Wildman–Crippen LogP) is 5.98. The Balaban J connectivity index is 2.16. The van der Waals surface area contributed by atoms with Crippen LogP contribution in [0.15, 0.2) is 24.3 Å². The Morgan fingerprint density at radius 1 is 0.893 bits per heavy atom. The third-order valence-electron chi connectivity index (χ3n) is 4.88. The van der Waals surface area contributed by atoms with Gasteiger partial charge in [-0.2, -0.15) is 12.7 Å². The first kappa shape index (κ1) is 24.8. The fourth-order valence-corrected chi connectivity index (χ4v) is 3.67. The Hall–Kier alpha value is -1.27. The first-order valence-corrected chi connectivity index (χ1v) is 12.3. The zero-order valence-electron chi connectivity index (χ0n) is 18.2. The van der Waals surface area contributed by atoms with Crippen LogP contribution in [0.25, 0.3) is 0 Å². The lowest BCUT2D eigenvalue weighted by molar-refractivity contribution is 0.206. The highest BCUT2D eigenvalue weighted by Gasteiger charge is 2.13. The summed E-state index contributed by atoms with van der Waals surface area (Å²) >= 11 is 0. The van der Waals surface area contributed by atoms with Crippen LogP contribution in [0.1, 0.15) is 84.5 Å². The normalized spacial score (nSPS) is 12.9. The molecule has 1 unspecified atom stereocenters. The van der Waals surface area contributed by atoms with Crippen molar-refractivity contribution < 1.29 is 13.2 Å². The van der Waals surface area contributed by atoms with E-state index in [4.69, 9.17) is 4.74 Å². The smallest absolute Gasteiger partial charge is 0.301 e. The van der Waals surface area contributed by atoms with Crippen molar-refractivity contribution in [3.05, 3.63) is 24.3 Å². The second-order valence-electron chi connectivity index (χ2n) is 7.81. The molecule has 0 aromatic heterocycles. The van der Waals surface area contributed by atoms with Gasteiger partial charge in [0.25, 0.3) is 0 Å². The van der Waals surface area contributed by atoms with Gasteiger partial charge < -0.3 is 4.74 Å². The molecule has 0 aliphatic carbocycles. The molecule has 0 saturated carbocycles. The monoisotopic (exact) mass is 412 g/mol. The number of unbranched alkanes of at least 4 members (excludes halogenated alkanes) is 9. The number of nitrogens with one attached hydrogen (secondary N) is 1. The summed E-state index contributed by atoms with van der Waals surface area (Å²) < 4.78 is 33.2. The highest BCUT2D eigenvalue weighted by atomic mass is 32.2. The number of anilines is 1. The molecule has 28 heavy (non-hydrogen) atoms. The zero-order chi connectivity index (χ0) is 20.8. The molecule has 6 heteroatoms. The van der Waals surface area contributed by atoms with Crippen LogP contribution >= 0.6 is 0 Å². The molecule has 0 aliphatic rings. The topological polar surface area (TPSA) is 58.6 Å². The van der Waals surface area contributed by atoms with Gasteiger partial charge in [0.05, 0.1) is 11.8 Å². The lowest BCUT2D eigenvalue weighted by Gasteiger charge is -2.16. The van der Waals surface area contributed by atoms with Crippen molar-refractivity contribution in [2.24, 2.45) is 0 Å².